The largest absolute Gasteiger partial charge is 0.458 e. The smallest absolute Gasteiger partial charge is 0.361 e. The minimum Gasteiger partial charge on any atom is -0.458 e. The average molecular weight is 235 g/mol. The number of rotatable bonds is 2. The molecule has 0 bridgehead atoms. The molecule has 0 saturated heterocycles. The zero-order valence-electron chi connectivity index (χ0n) is 9.76. The summed E-state index contributed by atoms with van der Waals surface area (Å²) < 4.78 is 5.42. The maximum Gasteiger partial charge on any atom is 0.361 e. The van der Waals surface area contributed by atoms with Crippen molar-refractivity contribution in [3.05, 3.63) is 18.1 Å². The fourth-order valence-electron chi connectivity index (χ4n) is 2.07. The number of nitrogen functional groups attached to an aromatic ring is 1. The normalized spacial score (nSPS) is 17.4. The molecule has 5 nitrogen and oxygen atoms in total. The predicted octanol–water partition coefficient (Wildman–Crippen LogP) is 1.94. The van der Waals surface area contributed by atoms with Gasteiger partial charge in [-0.25, -0.2) is 14.8 Å². The third-order valence-electron chi connectivity index (χ3n) is 3.00. The second-order valence-electron chi connectivity index (χ2n) is 4.31. The minimum atomic E-state index is -0.456. The van der Waals surface area contributed by atoms with Gasteiger partial charge < -0.3 is 10.5 Å². The highest BCUT2D eigenvalue weighted by atomic mass is 16.5. The molecule has 17 heavy (non-hydrogen) atoms. The first-order valence-electron chi connectivity index (χ1n) is 6.05. The van der Waals surface area contributed by atoms with Crippen LogP contribution in [0.4, 0.5) is 5.82 Å². The number of esters is 1. The van der Waals surface area contributed by atoms with Gasteiger partial charge in [0.15, 0.2) is 11.5 Å². The minimum absolute atomic E-state index is 0.00593. The van der Waals surface area contributed by atoms with E-state index in [9.17, 15) is 4.79 Å². The molecular formula is C12H17N3O2. The summed E-state index contributed by atoms with van der Waals surface area (Å²) >= 11 is 0. The Hall–Kier alpha value is -1.65. The lowest BCUT2D eigenvalue weighted by atomic mass is 10.1. The molecule has 0 aliphatic heterocycles. The average Bonchev–Trinajstić information content (AvgIpc) is 2.58. The third-order valence-corrected chi connectivity index (χ3v) is 3.00. The Bertz CT molecular complexity index is 387. The van der Waals surface area contributed by atoms with Crippen LogP contribution < -0.4 is 5.73 Å². The topological polar surface area (TPSA) is 78.1 Å². The van der Waals surface area contributed by atoms with Gasteiger partial charge in [0.25, 0.3) is 0 Å². The quantitative estimate of drug-likeness (QED) is 0.626. The van der Waals surface area contributed by atoms with Gasteiger partial charge in [-0.05, 0) is 25.7 Å². The fraction of sp³-hybridized carbons (Fsp3) is 0.583. The fourth-order valence-corrected chi connectivity index (χ4v) is 2.07. The summed E-state index contributed by atoms with van der Waals surface area (Å²) in [6.07, 6.45) is 9.46. The molecular weight excluding hydrogens is 218 g/mol. The summed E-state index contributed by atoms with van der Waals surface area (Å²) in [6, 6.07) is 0. The van der Waals surface area contributed by atoms with Crippen LogP contribution >= 0.6 is 0 Å². The lowest BCUT2D eigenvalue weighted by Crippen LogP contribution is -2.19. The maximum atomic E-state index is 11.8. The van der Waals surface area contributed by atoms with E-state index in [1.807, 2.05) is 0 Å². The van der Waals surface area contributed by atoms with E-state index in [4.69, 9.17) is 10.5 Å². The highest BCUT2D eigenvalue weighted by molar-refractivity contribution is 5.91. The molecule has 0 amide bonds. The number of carbonyl (C=O) groups excluding carboxylic acids is 1. The number of hydrogen-bond acceptors (Lipinski definition) is 5. The molecule has 1 fully saturated rings. The number of anilines is 1. The third kappa shape index (κ3) is 3.15. The Morgan fingerprint density at radius 3 is 2.47 bits per heavy atom. The molecule has 92 valence electrons. The number of nitrogens with zero attached hydrogens (tertiary/aromatic N) is 2. The van der Waals surface area contributed by atoms with Crippen LogP contribution in [0.3, 0.4) is 0 Å². The van der Waals surface area contributed by atoms with Gasteiger partial charge >= 0.3 is 5.97 Å². The van der Waals surface area contributed by atoms with Crippen molar-refractivity contribution in [2.75, 3.05) is 5.73 Å². The Morgan fingerprint density at radius 1 is 1.18 bits per heavy atom. The van der Waals surface area contributed by atoms with Crippen LogP contribution in [0.1, 0.15) is 49.0 Å². The van der Waals surface area contributed by atoms with E-state index in [0.717, 1.165) is 25.7 Å². The van der Waals surface area contributed by atoms with E-state index in [-0.39, 0.29) is 17.6 Å². The van der Waals surface area contributed by atoms with Crippen molar-refractivity contribution in [1.29, 1.82) is 0 Å². The first-order chi connectivity index (χ1) is 8.27. The monoisotopic (exact) mass is 235 g/mol. The van der Waals surface area contributed by atoms with E-state index >= 15 is 0 Å². The molecule has 1 aromatic heterocycles. The molecule has 0 radical (unpaired) electrons. The van der Waals surface area contributed by atoms with E-state index in [2.05, 4.69) is 9.97 Å². The van der Waals surface area contributed by atoms with Crippen LogP contribution in [-0.2, 0) is 4.74 Å². The van der Waals surface area contributed by atoms with Gasteiger partial charge in [0.05, 0.1) is 0 Å². The first-order valence-corrected chi connectivity index (χ1v) is 6.05. The van der Waals surface area contributed by atoms with Crippen molar-refractivity contribution in [1.82, 2.24) is 9.97 Å². The van der Waals surface area contributed by atoms with E-state index in [1.165, 1.54) is 25.2 Å². The molecule has 2 N–H and O–H groups in total. The van der Waals surface area contributed by atoms with Gasteiger partial charge in [0.1, 0.15) is 6.10 Å². The lowest BCUT2D eigenvalue weighted by Gasteiger charge is -2.15. The molecule has 0 spiro atoms. The van der Waals surface area contributed by atoms with Gasteiger partial charge in [-0.2, -0.15) is 0 Å². The van der Waals surface area contributed by atoms with Crippen LogP contribution in [0.25, 0.3) is 0 Å². The van der Waals surface area contributed by atoms with Gasteiger partial charge in [-0.15, -0.1) is 0 Å². The molecule has 5 heteroatoms. The van der Waals surface area contributed by atoms with Crippen molar-refractivity contribution < 1.29 is 9.53 Å². The number of aromatic nitrogens is 2. The molecule has 1 heterocycles. The zero-order chi connectivity index (χ0) is 12.1. The molecule has 1 saturated carbocycles. The summed E-state index contributed by atoms with van der Waals surface area (Å²) in [5.74, 6) is -0.325. The van der Waals surface area contributed by atoms with Gasteiger partial charge in [-0.1, -0.05) is 12.8 Å². The number of hydrogen-bond donors (Lipinski definition) is 1. The van der Waals surface area contributed by atoms with Gasteiger partial charge in [0.2, 0.25) is 0 Å². The number of nitrogens with two attached hydrogens (primary N) is 1. The summed E-state index contributed by atoms with van der Waals surface area (Å²) in [5.41, 5.74) is 5.70. The predicted molar refractivity (Wildman–Crippen MR) is 63.3 cm³/mol. The SMILES string of the molecule is Nc1nccnc1C(=O)OC1CCCCCC1. The molecule has 1 aliphatic rings. The Labute approximate surface area is 100 Å². The second kappa shape index (κ2) is 5.61. The standard InChI is InChI=1S/C12H17N3O2/c13-11-10(14-7-8-15-11)12(16)17-9-5-3-1-2-4-6-9/h7-9H,1-6H2,(H2,13,15). The summed E-state index contributed by atoms with van der Waals surface area (Å²) in [5, 5.41) is 0. The molecule has 0 unspecified atom stereocenters. The van der Waals surface area contributed by atoms with Crippen LogP contribution in [0.15, 0.2) is 12.4 Å². The number of carbonyl (C=O) groups is 1. The number of ether oxygens (including phenoxy) is 1. The molecule has 2 rings (SSSR count). The molecule has 1 aliphatic carbocycles. The zero-order valence-corrected chi connectivity index (χ0v) is 9.76. The molecule has 0 atom stereocenters. The van der Waals surface area contributed by atoms with Crippen molar-refractivity contribution >= 4 is 11.8 Å². The van der Waals surface area contributed by atoms with Crippen LogP contribution in [0.2, 0.25) is 0 Å². The molecule has 1 aromatic rings. The van der Waals surface area contributed by atoms with E-state index < -0.39 is 5.97 Å². The lowest BCUT2D eigenvalue weighted by molar-refractivity contribution is 0.0261. The highest BCUT2D eigenvalue weighted by Crippen LogP contribution is 2.21. The van der Waals surface area contributed by atoms with Crippen LogP contribution in [0.5, 0.6) is 0 Å². The summed E-state index contributed by atoms with van der Waals surface area (Å²) in [4.78, 5) is 19.6. The maximum absolute atomic E-state index is 11.8. The summed E-state index contributed by atoms with van der Waals surface area (Å²) in [7, 11) is 0. The second-order valence-corrected chi connectivity index (χ2v) is 4.31. The Kier molecular flexibility index (Phi) is 3.90. The Morgan fingerprint density at radius 2 is 1.82 bits per heavy atom. The van der Waals surface area contributed by atoms with Gasteiger partial charge in [0, 0.05) is 12.4 Å². The first kappa shape index (κ1) is 11.8. The van der Waals surface area contributed by atoms with Gasteiger partial charge in [-0.3, -0.25) is 0 Å². The van der Waals surface area contributed by atoms with E-state index in [0.29, 0.717) is 0 Å². The van der Waals surface area contributed by atoms with Crippen molar-refractivity contribution in [3.63, 3.8) is 0 Å². The van der Waals surface area contributed by atoms with E-state index in [1.54, 1.807) is 0 Å². The summed E-state index contributed by atoms with van der Waals surface area (Å²) in [6.45, 7) is 0. The Balaban J connectivity index is 1.98. The van der Waals surface area contributed by atoms with Crippen molar-refractivity contribution in [2.45, 2.75) is 44.6 Å². The molecule has 0 aromatic carbocycles. The van der Waals surface area contributed by atoms with Crippen LogP contribution in [-0.4, -0.2) is 22.0 Å². The highest BCUT2D eigenvalue weighted by Gasteiger charge is 2.20. The van der Waals surface area contributed by atoms with Crippen molar-refractivity contribution in [3.8, 4) is 0 Å². The van der Waals surface area contributed by atoms with Crippen molar-refractivity contribution in [2.24, 2.45) is 0 Å². The van der Waals surface area contributed by atoms with Crippen LogP contribution in [0, 0.1) is 0 Å².